The van der Waals surface area contributed by atoms with E-state index in [-0.39, 0.29) is 0 Å². The van der Waals surface area contributed by atoms with Crippen molar-refractivity contribution in [3.8, 4) is 0 Å². The molecule has 1 saturated carbocycles. The first-order valence-electron chi connectivity index (χ1n) is 8.73. The summed E-state index contributed by atoms with van der Waals surface area (Å²) in [6.07, 6.45) is 12.9. The maximum absolute atomic E-state index is 3.56. The molecule has 2 heteroatoms. The van der Waals surface area contributed by atoms with Crippen LogP contribution in [0.1, 0.15) is 64.7 Å². The molecule has 1 saturated heterocycles. The van der Waals surface area contributed by atoms with E-state index >= 15 is 0 Å². The van der Waals surface area contributed by atoms with Crippen molar-refractivity contribution >= 4 is 0 Å². The smallest absolute Gasteiger partial charge is 0.0104 e. The van der Waals surface area contributed by atoms with Gasteiger partial charge in [-0.05, 0) is 64.1 Å². The Hall–Kier alpha value is -0.0800. The normalized spacial score (nSPS) is 34.1. The van der Waals surface area contributed by atoms with Crippen LogP contribution in [0.4, 0.5) is 0 Å². The van der Waals surface area contributed by atoms with Gasteiger partial charge in [0, 0.05) is 12.6 Å². The van der Waals surface area contributed by atoms with Crippen molar-refractivity contribution in [2.45, 2.75) is 70.8 Å². The van der Waals surface area contributed by atoms with Gasteiger partial charge in [-0.3, -0.25) is 0 Å². The van der Waals surface area contributed by atoms with Gasteiger partial charge in [0.2, 0.25) is 0 Å². The van der Waals surface area contributed by atoms with Gasteiger partial charge >= 0.3 is 0 Å². The van der Waals surface area contributed by atoms with E-state index < -0.39 is 0 Å². The Kier molecular flexibility index (Phi) is 6.66. The van der Waals surface area contributed by atoms with Crippen LogP contribution < -0.4 is 5.32 Å². The highest BCUT2D eigenvalue weighted by molar-refractivity contribution is 4.83. The fourth-order valence-corrected chi connectivity index (χ4v) is 4.24. The van der Waals surface area contributed by atoms with E-state index in [2.05, 4.69) is 24.2 Å². The molecule has 0 bridgehead atoms. The van der Waals surface area contributed by atoms with Crippen molar-refractivity contribution in [1.82, 2.24) is 10.2 Å². The molecule has 2 nitrogen and oxygen atoms in total. The summed E-state index contributed by atoms with van der Waals surface area (Å²) in [6.45, 7) is 6.40. The van der Waals surface area contributed by atoms with Crippen molar-refractivity contribution in [1.29, 1.82) is 0 Å². The molecular formula is C17H34N2. The van der Waals surface area contributed by atoms with Gasteiger partial charge in [0.1, 0.15) is 0 Å². The molecule has 1 N–H and O–H groups in total. The molecule has 1 aliphatic carbocycles. The number of likely N-dealkylation sites (tertiary alicyclic amines) is 1. The molecule has 0 radical (unpaired) electrons. The lowest BCUT2D eigenvalue weighted by atomic mass is 9.84. The summed E-state index contributed by atoms with van der Waals surface area (Å²) in [5, 5.41) is 3.56. The molecule has 1 aliphatic heterocycles. The first-order valence-corrected chi connectivity index (χ1v) is 8.73. The van der Waals surface area contributed by atoms with E-state index in [4.69, 9.17) is 0 Å². The van der Waals surface area contributed by atoms with Crippen molar-refractivity contribution in [2.24, 2.45) is 11.8 Å². The van der Waals surface area contributed by atoms with Crippen LogP contribution in [0.3, 0.4) is 0 Å². The Labute approximate surface area is 120 Å². The first-order chi connectivity index (χ1) is 9.33. The quantitative estimate of drug-likeness (QED) is 0.817. The van der Waals surface area contributed by atoms with E-state index in [9.17, 15) is 0 Å². The number of nitrogens with zero attached hydrogens (tertiary/aromatic N) is 1. The van der Waals surface area contributed by atoms with Gasteiger partial charge in [-0.15, -0.1) is 0 Å². The monoisotopic (exact) mass is 266 g/mol. The fourth-order valence-electron chi connectivity index (χ4n) is 4.24. The lowest BCUT2D eigenvalue weighted by Gasteiger charge is -2.35. The van der Waals surface area contributed by atoms with Crippen molar-refractivity contribution in [3.05, 3.63) is 0 Å². The number of hydrogen-bond donors (Lipinski definition) is 1. The predicted molar refractivity (Wildman–Crippen MR) is 83.5 cm³/mol. The SMILES string of the molecule is CCCC1CCCN(CC2CCCCC2NC)CC1. The average Bonchev–Trinajstić information content (AvgIpc) is 2.66. The summed E-state index contributed by atoms with van der Waals surface area (Å²) in [4.78, 5) is 2.77. The minimum absolute atomic E-state index is 0.781. The predicted octanol–water partition coefficient (Wildman–Crippen LogP) is 3.67. The third-order valence-electron chi connectivity index (χ3n) is 5.41. The molecule has 0 aromatic carbocycles. The van der Waals surface area contributed by atoms with Gasteiger partial charge < -0.3 is 10.2 Å². The Morgan fingerprint density at radius 1 is 1.00 bits per heavy atom. The number of rotatable bonds is 5. The molecule has 2 rings (SSSR count). The van der Waals surface area contributed by atoms with E-state index in [0.717, 1.165) is 17.9 Å². The summed E-state index contributed by atoms with van der Waals surface area (Å²) in [5.74, 6) is 1.92. The van der Waals surface area contributed by atoms with E-state index in [0.29, 0.717) is 0 Å². The van der Waals surface area contributed by atoms with Gasteiger partial charge in [-0.2, -0.15) is 0 Å². The second kappa shape index (κ2) is 8.26. The standard InChI is InChI=1S/C17H34N2/c1-3-7-15-8-6-12-19(13-11-15)14-16-9-4-5-10-17(16)18-2/h15-18H,3-14H2,1-2H3. The van der Waals surface area contributed by atoms with Gasteiger partial charge in [-0.25, -0.2) is 0 Å². The molecule has 0 amide bonds. The van der Waals surface area contributed by atoms with Crippen LogP contribution in [-0.2, 0) is 0 Å². The maximum atomic E-state index is 3.56. The highest BCUT2D eigenvalue weighted by Crippen LogP contribution is 2.27. The first kappa shape index (κ1) is 15.3. The van der Waals surface area contributed by atoms with E-state index in [1.165, 1.54) is 77.4 Å². The van der Waals surface area contributed by atoms with E-state index in [1.807, 2.05) is 0 Å². The second-order valence-corrected chi connectivity index (χ2v) is 6.83. The zero-order valence-corrected chi connectivity index (χ0v) is 13.2. The maximum Gasteiger partial charge on any atom is 0.0104 e. The van der Waals surface area contributed by atoms with Crippen molar-refractivity contribution in [3.63, 3.8) is 0 Å². The van der Waals surface area contributed by atoms with E-state index in [1.54, 1.807) is 0 Å². The lowest BCUT2D eigenvalue weighted by Crippen LogP contribution is -2.43. The molecule has 0 aromatic rings. The molecule has 3 unspecified atom stereocenters. The zero-order chi connectivity index (χ0) is 13.5. The van der Waals surface area contributed by atoms with Crippen LogP contribution in [0.5, 0.6) is 0 Å². The van der Waals surface area contributed by atoms with Crippen LogP contribution in [0.25, 0.3) is 0 Å². The number of nitrogens with one attached hydrogen (secondary N) is 1. The molecule has 3 atom stereocenters. The lowest BCUT2D eigenvalue weighted by molar-refractivity contribution is 0.174. The summed E-state index contributed by atoms with van der Waals surface area (Å²) in [5.41, 5.74) is 0. The topological polar surface area (TPSA) is 15.3 Å². The largest absolute Gasteiger partial charge is 0.317 e. The molecule has 0 spiro atoms. The van der Waals surface area contributed by atoms with Crippen LogP contribution in [0, 0.1) is 11.8 Å². The van der Waals surface area contributed by atoms with Crippen LogP contribution in [0.15, 0.2) is 0 Å². The minimum atomic E-state index is 0.781. The fraction of sp³-hybridized carbons (Fsp3) is 1.00. The molecule has 2 fully saturated rings. The van der Waals surface area contributed by atoms with Gasteiger partial charge in [0.05, 0.1) is 0 Å². The summed E-state index contributed by atoms with van der Waals surface area (Å²) >= 11 is 0. The van der Waals surface area contributed by atoms with Crippen LogP contribution in [0.2, 0.25) is 0 Å². The third-order valence-corrected chi connectivity index (χ3v) is 5.41. The summed E-state index contributed by atoms with van der Waals surface area (Å²) in [6, 6.07) is 0.781. The van der Waals surface area contributed by atoms with Crippen molar-refractivity contribution < 1.29 is 0 Å². The Morgan fingerprint density at radius 3 is 2.63 bits per heavy atom. The second-order valence-electron chi connectivity index (χ2n) is 6.83. The minimum Gasteiger partial charge on any atom is -0.317 e. The van der Waals surface area contributed by atoms with Gasteiger partial charge in [-0.1, -0.05) is 32.6 Å². The van der Waals surface area contributed by atoms with Crippen LogP contribution >= 0.6 is 0 Å². The summed E-state index contributed by atoms with van der Waals surface area (Å²) in [7, 11) is 2.16. The Balaban J connectivity index is 1.78. The van der Waals surface area contributed by atoms with Crippen LogP contribution in [-0.4, -0.2) is 37.6 Å². The highest BCUT2D eigenvalue weighted by atomic mass is 15.1. The molecule has 0 aromatic heterocycles. The van der Waals surface area contributed by atoms with Gasteiger partial charge in [0.25, 0.3) is 0 Å². The van der Waals surface area contributed by atoms with Crippen molar-refractivity contribution in [2.75, 3.05) is 26.7 Å². The molecule has 2 aliphatic rings. The third kappa shape index (κ3) is 4.75. The highest BCUT2D eigenvalue weighted by Gasteiger charge is 2.26. The zero-order valence-electron chi connectivity index (χ0n) is 13.2. The number of hydrogen-bond acceptors (Lipinski definition) is 2. The molecule has 112 valence electrons. The molecular weight excluding hydrogens is 232 g/mol. The van der Waals surface area contributed by atoms with Gasteiger partial charge in [0.15, 0.2) is 0 Å². The summed E-state index contributed by atoms with van der Waals surface area (Å²) < 4.78 is 0. The average molecular weight is 266 g/mol. The Bertz CT molecular complexity index is 241. The molecule has 19 heavy (non-hydrogen) atoms. The molecule has 1 heterocycles. The Morgan fingerprint density at radius 2 is 1.84 bits per heavy atom.